The topological polar surface area (TPSA) is 64.0 Å². The van der Waals surface area contributed by atoms with Gasteiger partial charge in [0.25, 0.3) is 5.56 Å². The van der Waals surface area contributed by atoms with E-state index in [1.165, 1.54) is 16.6 Å². The molecule has 1 aliphatic rings. The van der Waals surface area contributed by atoms with Crippen molar-refractivity contribution >= 4 is 68.1 Å². The Morgan fingerprint density at radius 2 is 2.23 bits per heavy atom. The average Bonchev–Trinajstić information content (AvgIpc) is 3.09. The van der Waals surface area contributed by atoms with E-state index in [4.69, 9.17) is 28.2 Å². The van der Waals surface area contributed by atoms with Crippen molar-refractivity contribution in [1.29, 1.82) is 0 Å². The van der Waals surface area contributed by atoms with E-state index in [0.29, 0.717) is 33.4 Å². The van der Waals surface area contributed by atoms with Gasteiger partial charge in [0, 0.05) is 17.1 Å². The molecule has 3 aromatic rings. The highest BCUT2D eigenvalue weighted by Gasteiger charge is 2.24. The summed E-state index contributed by atoms with van der Waals surface area (Å²) in [5, 5.41) is 4.84. The molecule has 0 fully saturated rings. The summed E-state index contributed by atoms with van der Waals surface area (Å²) in [5.74, 6) is 0.509. The van der Waals surface area contributed by atoms with Gasteiger partial charge < -0.3 is 5.32 Å². The van der Waals surface area contributed by atoms with Crippen LogP contribution in [0.1, 0.15) is 23.8 Å². The van der Waals surface area contributed by atoms with Crippen molar-refractivity contribution < 1.29 is 4.79 Å². The van der Waals surface area contributed by atoms with Crippen molar-refractivity contribution in [2.24, 2.45) is 5.92 Å². The maximum atomic E-state index is 13.3. The van der Waals surface area contributed by atoms with Crippen molar-refractivity contribution in [1.82, 2.24) is 9.55 Å². The van der Waals surface area contributed by atoms with Crippen molar-refractivity contribution in [3.05, 3.63) is 61.7 Å². The number of carbonyl (C=O) groups excluding carboxylic acids is 1. The molecule has 0 radical (unpaired) electrons. The van der Waals surface area contributed by atoms with Crippen LogP contribution in [0.5, 0.6) is 0 Å². The molecule has 2 heterocycles. The molecule has 1 aromatic carbocycles. The number of benzene rings is 1. The summed E-state index contributed by atoms with van der Waals surface area (Å²) < 4.78 is 1.61. The standard InChI is InChI=1S/C22H21Cl2N3O2S2/c1-3-8-27-21(29)19-14-6-4-12(2)9-17(14)31-20(19)26-22(27)30-11-18(28)25-13-5-7-15(23)16(24)10-13/h3,5,7,10,12H,1,4,6,8-9,11H2,2H3,(H,25,28). The predicted molar refractivity (Wildman–Crippen MR) is 131 cm³/mol. The first-order valence-corrected chi connectivity index (χ1v) is 12.5. The van der Waals surface area contributed by atoms with Crippen molar-refractivity contribution in [2.45, 2.75) is 37.9 Å². The first kappa shape index (κ1) is 22.4. The third kappa shape index (κ3) is 4.70. The number of carbonyl (C=O) groups is 1. The third-order valence-corrected chi connectivity index (χ3v) is 8.09. The molecule has 0 saturated heterocycles. The summed E-state index contributed by atoms with van der Waals surface area (Å²) in [6, 6.07) is 4.91. The Balaban J connectivity index is 1.59. The van der Waals surface area contributed by atoms with Crippen LogP contribution in [0, 0.1) is 5.92 Å². The van der Waals surface area contributed by atoms with Gasteiger partial charge in [0.2, 0.25) is 5.91 Å². The molecule has 2 aromatic heterocycles. The zero-order valence-corrected chi connectivity index (χ0v) is 20.1. The lowest BCUT2D eigenvalue weighted by Gasteiger charge is -2.17. The maximum absolute atomic E-state index is 13.3. The highest BCUT2D eigenvalue weighted by Crippen LogP contribution is 2.36. The van der Waals surface area contributed by atoms with E-state index in [-0.39, 0.29) is 17.2 Å². The van der Waals surface area contributed by atoms with Gasteiger partial charge in [0.15, 0.2) is 5.16 Å². The van der Waals surface area contributed by atoms with Gasteiger partial charge in [0.05, 0.1) is 21.2 Å². The van der Waals surface area contributed by atoms with E-state index in [9.17, 15) is 9.59 Å². The predicted octanol–water partition coefficient (Wildman–Crippen LogP) is 5.81. The molecule has 0 aliphatic heterocycles. The molecule has 5 nitrogen and oxygen atoms in total. The lowest BCUT2D eigenvalue weighted by Crippen LogP contribution is -2.24. The number of anilines is 1. The van der Waals surface area contributed by atoms with Crippen LogP contribution in [0.2, 0.25) is 10.0 Å². The Bertz CT molecular complexity index is 1240. The molecule has 0 saturated carbocycles. The number of thiophene rings is 1. The summed E-state index contributed by atoms with van der Waals surface area (Å²) in [4.78, 5) is 32.5. The van der Waals surface area contributed by atoms with Gasteiger partial charge in [-0.15, -0.1) is 17.9 Å². The minimum absolute atomic E-state index is 0.0515. The van der Waals surface area contributed by atoms with Crippen LogP contribution in [0.3, 0.4) is 0 Å². The monoisotopic (exact) mass is 493 g/mol. The second kappa shape index (κ2) is 9.36. The highest BCUT2D eigenvalue weighted by atomic mass is 35.5. The zero-order valence-electron chi connectivity index (χ0n) is 16.9. The summed E-state index contributed by atoms with van der Waals surface area (Å²) in [6.07, 6.45) is 4.67. The fraction of sp³-hybridized carbons (Fsp3) is 0.318. The number of hydrogen-bond acceptors (Lipinski definition) is 5. The fourth-order valence-corrected chi connectivity index (χ4v) is 6.24. The van der Waals surface area contributed by atoms with Gasteiger partial charge in [-0.25, -0.2) is 4.98 Å². The van der Waals surface area contributed by atoms with Crippen LogP contribution in [-0.2, 0) is 24.2 Å². The molecule has 162 valence electrons. The van der Waals surface area contributed by atoms with E-state index in [2.05, 4.69) is 18.8 Å². The first-order valence-electron chi connectivity index (χ1n) is 9.91. The minimum Gasteiger partial charge on any atom is -0.325 e. The molecule has 1 unspecified atom stereocenters. The summed E-state index contributed by atoms with van der Waals surface area (Å²) in [6.45, 7) is 6.36. The summed E-state index contributed by atoms with van der Waals surface area (Å²) in [7, 11) is 0. The Labute approximate surface area is 198 Å². The summed E-state index contributed by atoms with van der Waals surface area (Å²) >= 11 is 14.8. The smallest absolute Gasteiger partial charge is 0.263 e. The number of amides is 1. The van der Waals surface area contributed by atoms with Crippen LogP contribution in [0.25, 0.3) is 10.2 Å². The minimum atomic E-state index is -0.220. The van der Waals surface area contributed by atoms with E-state index in [0.717, 1.165) is 35.0 Å². The van der Waals surface area contributed by atoms with Gasteiger partial charge in [-0.2, -0.15) is 0 Å². The van der Waals surface area contributed by atoms with Crippen LogP contribution in [0.4, 0.5) is 5.69 Å². The Hall–Kier alpha value is -1.80. The third-order valence-electron chi connectivity index (χ3n) is 5.23. The molecule has 1 atom stereocenters. The molecule has 9 heteroatoms. The number of nitrogens with one attached hydrogen (secondary N) is 1. The molecular formula is C22H21Cl2N3O2S2. The maximum Gasteiger partial charge on any atom is 0.263 e. The molecular weight excluding hydrogens is 473 g/mol. The number of hydrogen-bond donors (Lipinski definition) is 1. The Kier molecular flexibility index (Phi) is 6.77. The molecule has 1 aliphatic carbocycles. The number of thioether (sulfide) groups is 1. The number of allylic oxidation sites excluding steroid dienone is 1. The lowest BCUT2D eigenvalue weighted by atomic mass is 9.89. The largest absolute Gasteiger partial charge is 0.325 e. The SMILES string of the molecule is C=CCn1c(SCC(=O)Nc2ccc(Cl)c(Cl)c2)nc2sc3c(c2c1=O)CCC(C)C3. The molecule has 4 rings (SSSR count). The molecule has 31 heavy (non-hydrogen) atoms. The van der Waals surface area contributed by atoms with Crippen LogP contribution in [0.15, 0.2) is 40.8 Å². The molecule has 0 bridgehead atoms. The quantitative estimate of drug-likeness (QED) is 0.267. The normalized spacial score (nSPS) is 15.6. The van der Waals surface area contributed by atoms with Crippen LogP contribution < -0.4 is 10.9 Å². The first-order chi connectivity index (χ1) is 14.9. The average molecular weight is 494 g/mol. The summed E-state index contributed by atoms with van der Waals surface area (Å²) in [5.41, 5.74) is 1.67. The van der Waals surface area contributed by atoms with Gasteiger partial charge in [-0.3, -0.25) is 14.2 Å². The number of aryl methyl sites for hydroxylation is 1. The second-order valence-electron chi connectivity index (χ2n) is 7.60. The van der Waals surface area contributed by atoms with Crippen LogP contribution >= 0.6 is 46.3 Å². The fourth-order valence-electron chi connectivity index (χ4n) is 3.71. The van der Waals surface area contributed by atoms with E-state index in [1.54, 1.807) is 40.2 Å². The highest BCUT2D eigenvalue weighted by molar-refractivity contribution is 7.99. The lowest BCUT2D eigenvalue weighted by molar-refractivity contribution is -0.113. The van der Waals surface area contributed by atoms with Crippen molar-refractivity contribution in [2.75, 3.05) is 11.1 Å². The Morgan fingerprint density at radius 1 is 1.42 bits per heavy atom. The van der Waals surface area contributed by atoms with Crippen molar-refractivity contribution in [3.8, 4) is 0 Å². The van der Waals surface area contributed by atoms with Gasteiger partial charge in [0.1, 0.15) is 4.83 Å². The van der Waals surface area contributed by atoms with Crippen LogP contribution in [-0.4, -0.2) is 21.2 Å². The number of halogens is 2. The number of aromatic nitrogens is 2. The molecule has 1 amide bonds. The Morgan fingerprint density at radius 3 is 2.97 bits per heavy atom. The molecule has 1 N–H and O–H groups in total. The zero-order chi connectivity index (χ0) is 22.1. The van der Waals surface area contributed by atoms with E-state index < -0.39 is 0 Å². The number of rotatable bonds is 6. The molecule has 0 spiro atoms. The number of nitrogens with zero attached hydrogens (tertiary/aromatic N) is 2. The van der Waals surface area contributed by atoms with Gasteiger partial charge in [-0.1, -0.05) is 48.0 Å². The van der Waals surface area contributed by atoms with Gasteiger partial charge in [-0.05, 0) is 48.9 Å². The second-order valence-corrected chi connectivity index (χ2v) is 10.4. The van der Waals surface area contributed by atoms with Crippen molar-refractivity contribution in [3.63, 3.8) is 0 Å². The van der Waals surface area contributed by atoms with Gasteiger partial charge >= 0.3 is 0 Å². The van der Waals surface area contributed by atoms with E-state index >= 15 is 0 Å². The number of fused-ring (bicyclic) bond motifs is 3. The van der Waals surface area contributed by atoms with E-state index in [1.807, 2.05) is 0 Å².